The molecule has 3 N–H and O–H groups in total. The van der Waals surface area contributed by atoms with Crippen LogP contribution >= 0.6 is 11.3 Å². The van der Waals surface area contributed by atoms with Gasteiger partial charge < -0.3 is 15.2 Å². The van der Waals surface area contributed by atoms with Crippen LogP contribution in [0.4, 0.5) is 9.93 Å². The lowest BCUT2D eigenvalue weighted by Crippen LogP contribution is -2.43. The number of carbonyl (C=O) groups excluding carboxylic acids is 2. The second-order valence-electron chi connectivity index (χ2n) is 3.90. The van der Waals surface area contributed by atoms with Crippen LogP contribution in [0.3, 0.4) is 0 Å². The van der Waals surface area contributed by atoms with Crippen LogP contribution in [0.2, 0.25) is 0 Å². The Balaban J connectivity index is 2.50. The number of rotatable bonds is 6. The SMILES string of the molecule is COC(=O)CC[C@@H](NC(=O)Nc1nc(C)cs1)C(=O)O. The normalized spacial score (nSPS) is 11.5. The molecule has 110 valence electrons. The third-order valence-corrected chi connectivity index (χ3v) is 3.18. The van der Waals surface area contributed by atoms with Crippen LogP contribution in [0.15, 0.2) is 5.38 Å². The smallest absolute Gasteiger partial charge is 0.326 e. The van der Waals surface area contributed by atoms with Gasteiger partial charge >= 0.3 is 18.0 Å². The Bertz CT molecular complexity index is 502. The van der Waals surface area contributed by atoms with Gasteiger partial charge in [0.25, 0.3) is 0 Å². The molecule has 0 aliphatic heterocycles. The fourth-order valence-corrected chi connectivity index (χ4v) is 2.01. The first-order chi connectivity index (χ1) is 9.42. The molecule has 1 aromatic rings. The summed E-state index contributed by atoms with van der Waals surface area (Å²) < 4.78 is 4.42. The average Bonchev–Trinajstić information content (AvgIpc) is 2.78. The number of thiazole rings is 1. The van der Waals surface area contributed by atoms with Crippen molar-refractivity contribution in [2.24, 2.45) is 0 Å². The minimum Gasteiger partial charge on any atom is -0.480 e. The van der Waals surface area contributed by atoms with Gasteiger partial charge in [0.05, 0.1) is 12.8 Å². The van der Waals surface area contributed by atoms with Crippen molar-refractivity contribution in [3.63, 3.8) is 0 Å². The van der Waals surface area contributed by atoms with Crippen LogP contribution in [-0.2, 0) is 14.3 Å². The zero-order valence-corrected chi connectivity index (χ0v) is 11.8. The Hall–Kier alpha value is -2.16. The van der Waals surface area contributed by atoms with E-state index in [1.807, 2.05) is 0 Å². The summed E-state index contributed by atoms with van der Waals surface area (Å²) in [7, 11) is 1.21. The second kappa shape index (κ2) is 7.43. The first-order valence-corrected chi connectivity index (χ1v) is 6.59. The highest BCUT2D eigenvalue weighted by Crippen LogP contribution is 2.14. The largest absolute Gasteiger partial charge is 0.480 e. The molecule has 0 bridgehead atoms. The van der Waals surface area contributed by atoms with E-state index in [1.165, 1.54) is 18.4 Å². The molecule has 0 saturated heterocycles. The van der Waals surface area contributed by atoms with Crippen molar-refractivity contribution in [2.45, 2.75) is 25.8 Å². The molecule has 0 saturated carbocycles. The van der Waals surface area contributed by atoms with Crippen molar-refractivity contribution < 1.29 is 24.2 Å². The zero-order valence-electron chi connectivity index (χ0n) is 11.0. The average molecular weight is 301 g/mol. The number of anilines is 1. The first kappa shape index (κ1) is 15.9. The molecule has 8 nitrogen and oxygen atoms in total. The first-order valence-electron chi connectivity index (χ1n) is 5.71. The van der Waals surface area contributed by atoms with Gasteiger partial charge in [-0.05, 0) is 13.3 Å². The molecule has 1 atom stereocenters. The highest BCUT2D eigenvalue weighted by Gasteiger charge is 2.21. The predicted octanol–water partition coefficient (Wildman–Crippen LogP) is 0.979. The predicted molar refractivity (Wildman–Crippen MR) is 71.7 cm³/mol. The molecule has 0 aliphatic carbocycles. The minimum atomic E-state index is -1.22. The van der Waals surface area contributed by atoms with Gasteiger partial charge in [-0.1, -0.05) is 0 Å². The number of carboxylic acids is 1. The van der Waals surface area contributed by atoms with E-state index in [2.05, 4.69) is 20.4 Å². The summed E-state index contributed by atoms with van der Waals surface area (Å²) in [6, 6.07) is -1.85. The van der Waals surface area contributed by atoms with E-state index >= 15 is 0 Å². The van der Waals surface area contributed by atoms with Crippen LogP contribution in [0.1, 0.15) is 18.5 Å². The molecule has 0 unspecified atom stereocenters. The van der Waals surface area contributed by atoms with E-state index in [4.69, 9.17) is 5.11 Å². The maximum Gasteiger partial charge on any atom is 0.326 e. The summed E-state index contributed by atoms with van der Waals surface area (Å²) in [6.45, 7) is 1.77. The van der Waals surface area contributed by atoms with E-state index in [-0.39, 0.29) is 12.8 Å². The third-order valence-electron chi connectivity index (χ3n) is 2.31. The number of aromatic nitrogens is 1. The van der Waals surface area contributed by atoms with E-state index in [0.29, 0.717) is 5.13 Å². The number of hydrogen-bond acceptors (Lipinski definition) is 6. The Kier molecular flexibility index (Phi) is 5.91. The number of ether oxygens (including phenoxy) is 1. The van der Waals surface area contributed by atoms with Crippen molar-refractivity contribution in [1.82, 2.24) is 10.3 Å². The maximum absolute atomic E-state index is 11.6. The van der Waals surface area contributed by atoms with Crippen molar-refractivity contribution in [2.75, 3.05) is 12.4 Å². The monoisotopic (exact) mass is 301 g/mol. The zero-order chi connectivity index (χ0) is 15.1. The van der Waals surface area contributed by atoms with Gasteiger partial charge in [-0.15, -0.1) is 11.3 Å². The van der Waals surface area contributed by atoms with Gasteiger partial charge in [0.2, 0.25) is 0 Å². The number of amides is 2. The lowest BCUT2D eigenvalue weighted by Gasteiger charge is -2.13. The number of urea groups is 1. The molecule has 0 spiro atoms. The number of aliphatic carboxylic acids is 1. The van der Waals surface area contributed by atoms with Crippen molar-refractivity contribution in [1.29, 1.82) is 0 Å². The molecule has 0 aliphatic rings. The Morgan fingerprint density at radius 1 is 1.50 bits per heavy atom. The van der Waals surface area contributed by atoms with Gasteiger partial charge in [0.1, 0.15) is 6.04 Å². The Labute approximate surface area is 119 Å². The van der Waals surface area contributed by atoms with Gasteiger partial charge in [-0.2, -0.15) is 0 Å². The molecule has 1 rings (SSSR count). The molecule has 1 heterocycles. The Morgan fingerprint density at radius 3 is 2.70 bits per heavy atom. The topological polar surface area (TPSA) is 118 Å². The molecule has 0 radical (unpaired) electrons. The molecule has 20 heavy (non-hydrogen) atoms. The van der Waals surface area contributed by atoms with Gasteiger partial charge in [0.15, 0.2) is 5.13 Å². The minimum absolute atomic E-state index is 0.0493. The lowest BCUT2D eigenvalue weighted by molar-refractivity contribution is -0.142. The van der Waals surface area contributed by atoms with E-state index in [0.717, 1.165) is 5.69 Å². The number of nitrogens with one attached hydrogen (secondary N) is 2. The Morgan fingerprint density at radius 2 is 2.20 bits per heavy atom. The molecular formula is C11H15N3O5S. The number of esters is 1. The second-order valence-corrected chi connectivity index (χ2v) is 4.76. The summed E-state index contributed by atoms with van der Waals surface area (Å²) in [5.74, 6) is -1.76. The molecule has 1 aromatic heterocycles. The molecular weight excluding hydrogens is 286 g/mol. The van der Waals surface area contributed by atoms with Crippen LogP contribution in [0.25, 0.3) is 0 Å². The summed E-state index contributed by atoms with van der Waals surface area (Å²) in [5, 5.41) is 15.8. The van der Waals surface area contributed by atoms with Gasteiger partial charge in [0, 0.05) is 11.8 Å². The summed E-state index contributed by atoms with van der Waals surface area (Å²) in [4.78, 5) is 37.6. The maximum atomic E-state index is 11.6. The quantitative estimate of drug-likeness (QED) is 0.674. The summed E-state index contributed by atoms with van der Waals surface area (Å²) in [5.41, 5.74) is 0.755. The summed E-state index contributed by atoms with van der Waals surface area (Å²) >= 11 is 1.23. The van der Waals surface area contributed by atoms with Crippen LogP contribution in [0, 0.1) is 6.92 Å². The van der Waals surface area contributed by atoms with Crippen molar-refractivity contribution >= 4 is 34.4 Å². The van der Waals surface area contributed by atoms with E-state index < -0.39 is 24.0 Å². The fraction of sp³-hybridized carbons (Fsp3) is 0.455. The van der Waals surface area contributed by atoms with Crippen molar-refractivity contribution in [3.05, 3.63) is 11.1 Å². The number of carboxylic acid groups (broad SMARTS) is 1. The highest BCUT2D eigenvalue weighted by molar-refractivity contribution is 7.13. The standard InChI is InChI=1S/C11H15N3O5S/c1-6-5-20-11(12-6)14-10(18)13-7(9(16)17)3-4-8(15)19-2/h5,7H,3-4H2,1-2H3,(H,16,17)(H2,12,13,14,18)/t7-/m1/s1. The summed E-state index contributed by atoms with van der Waals surface area (Å²) in [6.07, 6.45) is -0.142. The number of aryl methyl sites for hydroxylation is 1. The highest BCUT2D eigenvalue weighted by atomic mass is 32.1. The van der Waals surface area contributed by atoms with E-state index in [1.54, 1.807) is 12.3 Å². The molecule has 9 heteroatoms. The molecule has 0 fully saturated rings. The third kappa shape index (κ3) is 5.22. The van der Waals surface area contributed by atoms with Crippen LogP contribution in [0.5, 0.6) is 0 Å². The molecule has 0 aromatic carbocycles. The fourth-order valence-electron chi connectivity index (χ4n) is 1.32. The lowest BCUT2D eigenvalue weighted by atomic mass is 10.1. The number of methoxy groups -OCH3 is 1. The van der Waals surface area contributed by atoms with Crippen molar-refractivity contribution in [3.8, 4) is 0 Å². The van der Waals surface area contributed by atoms with Crippen LogP contribution < -0.4 is 10.6 Å². The van der Waals surface area contributed by atoms with E-state index in [9.17, 15) is 14.4 Å². The molecule has 2 amide bonds. The van der Waals surface area contributed by atoms with Gasteiger partial charge in [-0.25, -0.2) is 14.6 Å². The van der Waals surface area contributed by atoms with Gasteiger partial charge in [-0.3, -0.25) is 10.1 Å². The number of carbonyl (C=O) groups is 3. The van der Waals surface area contributed by atoms with Crippen LogP contribution in [-0.4, -0.2) is 41.2 Å². The number of nitrogens with zero attached hydrogens (tertiary/aromatic N) is 1. The number of hydrogen-bond donors (Lipinski definition) is 3.